The van der Waals surface area contributed by atoms with Gasteiger partial charge in [-0.25, -0.2) is 0 Å². The first-order valence-corrected chi connectivity index (χ1v) is 7.26. The van der Waals surface area contributed by atoms with Crippen molar-refractivity contribution < 1.29 is 4.79 Å². The third-order valence-electron chi connectivity index (χ3n) is 3.80. The van der Waals surface area contributed by atoms with Crippen molar-refractivity contribution in [2.45, 2.75) is 33.2 Å². The molecule has 2 rings (SSSR count). The molecule has 1 saturated heterocycles. The molecule has 1 aliphatic rings. The minimum Gasteiger partial charge on any atom is -0.350 e. The Labute approximate surface area is 119 Å². The highest BCUT2D eigenvalue weighted by molar-refractivity contribution is 6.31. The van der Waals surface area contributed by atoms with E-state index in [0.29, 0.717) is 17.3 Å². The molecule has 5 heteroatoms. The molecule has 0 aliphatic carbocycles. The van der Waals surface area contributed by atoms with Crippen LogP contribution in [0.1, 0.15) is 37.2 Å². The molecule has 106 valence electrons. The van der Waals surface area contributed by atoms with Crippen LogP contribution in [0, 0.1) is 5.41 Å². The third kappa shape index (κ3) is 3.51. The van der Waals surface area contributed by atoms with Crippen LogP contribution >= 0.6 is 11.6 Å². The van der Waals surface area contributed by atoms with Crippen LogP contribution in [0.25, 0.3) is 0 Å². The van der Waals surface area contributed by atoms with Crippen LogP contribution in [-0.2, 0) is 6.54 Å². The number of aromatic nitrogens is 1. The summed E-state index contributed by atoms with van der Waals surface area (Å²) in [6.07, 6.45) is 4.11. The van der Waals surface area contributed by atoms with Crippen LogP contribution < -0.4 is 10.6 Å². The molecule has 2 heterocycles. The summed E-state index contributed by atoms with van der Waals surface area (Å²) in [5, 5.41) is 7.04. The Morgan fingerprint density at radius 3 is 3.05 bits per heavy atom. The van der Waals surface area contributed by atoms with Crippen molar-refractivity contribution in [2.75, 3.05) is 19.6 Å². The molecule has 1 aliphatic heterocycles. The zero-order valence-corrected chi connectivity index (χ0v) is 12.4. The van der Waals surface area contributed by atoms with Crippen molar-refractivity contribution in [3.8, 4) is 0 Å². The van der Waals surface area contributed by atoms with Crippen molar-refractivity contribution in [3.63, 3.8) is 0 Å². The van der Waals surface area contributed by atoms with E-state index in [2.05, 4.69) is 17.6 Å². The van der Waals surface area contributed by atoms with Gasteiger partial charge in [0.2, 0.25) is 0 Å². The topological polar surface area (TPSA) is 46.1 Å². The molecule has 19 heavy (non-hydrogen) atoms. The third-order valence-corrected chi connectivity index (χ3v) is 4.00. The maximum absolute atomic E-state index is 12.2. The van der Waals surface area contributed by atoms with E-state index in [9.17, 15) is 4.79 Å². The van der Waals surface area contributed by atoms with Crippen LogP contribution in [0.15, 0.2) is 12.3 Å². The number of nitrogens with one attached hydrogen (secondary N) is 2. The summed E-state index contributed by atoms with van der Waals surface area (Å²) in [5.41, 5.74) is 0.793. The van der Waals surface area contributed by atoms with E-state index in [1.165, 1.54) is 6.42 Å². The predicted molar refractivity (Wildman–Crippen MR) is 77.7 cm³/mol. The molecule has 1 unspecified atom stereocenters. The molecule has 1 fully saturated rings. The van der Waals surface area contributed by atoms with Gasteiger partial charge in [0, 0.05) is 25.8 Å². The first-order chi connectivity index (χ1) is 9.04. The van der Waals surface area contributed by atoms with Gasteiger partial charge in [0.15, 0.2) is 0 Å². The van der Waals surface area contributed by atoms with Gasteiger partial charge in [-0.2, -0.15) is 0 Å². The number of carbonyl (C=O) groups excluding carboxylic acids is 1. The van der Waals surface area contributed by atoms with Crippen molar-refractivity contribution >= 4 is 17.5 Å². The maximum Gasteiger partial charge on any atom is 0.267 e. The van der Waals surface area contributed by atoms with E-state index < -0.39 is 0 Å². The van der Waals surface area contributed by atoms with Crippen LogP contribution in [0.3, 0.4) is 0 Å². The Hall–Kier alpha value is -1.00. The first-order valence-electron chi connectivity index (χ1n) is 6.89. The van der Waals surface area contributed by atoms with E-state index in [-0.39, 0.29) is 11.3 Å². The summed E-state index contributed by atoms with van der Waals surface area (Å²) in [7, 11) is 0. The molecule has 0 saturated carbocycles. The fourth-order valence-electron chi connectivity index (χ4n) is 2.58. The molecule has 0 aromatic carbocycles. The lowest BCUT2D eigenvalue weighted by Gasteiger charge is -2.34. The summed E-state index contributed by atoms with van der Waals surface area (Å²) in [4.78, 5) is 12.2. The lowest BCUT2D eigenvalue weighted by atomic mass is 9.83. The minimum absolute atomic E-state index is 0.0412. The average molecular weight is 284 g/mol. The molecular weight excluding hydrogens is 262 g/mol. The second-order valence-electron chi connectivity index (χ2n) is 5.60. The SMILES string of the molecule is CCn1cc(Cl)cc1C(=O)NCC1(C)CCCNC1. The number of nitrogens with zero attached hydrogens (tertiary/aromatic N) is 1. The van der Waals surface area contributed by atoms with Crippen LogP contribution in [0.5, 0.6) is 0 Å². The molecule has 2 N–H and O–H groups in total. The molecule has 4 nitrogen and oxygen atoms in total. The summed E-state index contributed by atoms with van der Waals surface area (Å²) < 4.78 is 1.87. The Morgan fingerprint density at radius 1 is 1.63 bits per heavy atom. The van der Waals surface area contributed by atoms with Gasteiger partial charge in [0.25, 0.3) is 5.91 Å². The van der Waals surface area contributed by atoms with E-state index in [0.717, 1.165) is 26.1 Å². The largest absolute Gasteiger partial charge is 0.350 e. The number of hydrogen-bond acceptors (Lipinski definition) is 2. The van der Waals surface area contributed by atoms with Crippen molar-refractivity contribution in [3.05, 3.63) is 23.0 Å². The molecular formula is C14H22ClN3O. The van der Waals surface area contributed by atoms with E-state index in [4.69, 9.17) is 11.6 Å². The lowest BCUT2D eigenvalue weighted by Crippen LogP contribution is -2.45. The summed E-state index contributed by atoms with van der Waals surface area (Å²) in [6, 6.07) is 1.72. The fourth-order valence-corrected chi connectivity index (χ4v) is 2.80. The number of carbonyl (C=O) groups is 1. The van der Waals surface area contributed by atoms with E-state index in [1.54, 1.807) is 12.3 Å². The molecule has 1 atom stereocenters. The quantitative estimate of drug-likeness (QED) is 0.890. The Kier molecular flexibility index (Phi) is 4.53. The van der Waals surface area contributed by atoms with Crippen molar-refractivity contribution in [2.24, 2.45) is 5.41 Å². The van der Waals surface area contributed by atoms with Gasteiger partial charge in [-0.15, -0.1) is 0 Å². The van der Waals surface area contributed by atoms with Crippen molar-refractivity contribution in [1.82, 2.24) is 15.2 Å². The van der Waals surface area contributed by atoms with E-state index >= 15 is 0 Å². The number of aryl methyl sites for hydroxylation is 1. The highest BCUT2D eigenvalue weighted by Gasteiger charge is 2.27. The number of hydrogen-bond donors (Lipinski definition) is 2. The summed E-state index contributed by atoms with van der Waals surface area (Å²) >= 11 is 5.95. The maximum atomic E-state index is 12.2. The second kappa shape index (κ2) is 5.97. The van der Waals surface area contributed by atoms with Gasteiger partial charge in [-0.05, 0) is 37.8 Å². The fraction of sp³-hybridized carbons (Fsp3) is 0.643. The zero-order chi connectivity index (χ0) is 13.9. The molecule has 0 bridgehead atoms. The van der Waals surface area contributed by atoms with Crippen LogP contribution in [-0.4, -0.2) is 30.1 Å². The lowest BCUT2D eigenvalue weighted by molar-refractivity contribution is 0.0915. The van der Waals surface area contributed by atoms with Gasteiger partial charge >= 0.3 is 0 Å². The predicted octanol–water partition coefficient (Wildman–Crippen LogP) is 2.28. The number of halogens is 1. The van der Waals surface area contributed by atoms with E-state index in [1.807, 2.05) is 11.5 Å². The number of amides is 1. The average Bonchev–Trinajstić information content (AvgIpc) is 2.78. The standard InChI is InChI=1S/C14H22ClN3O/c1-3-18-8-11(15)7-12(18)13(19)17-10-14(2)5-4-6-16-9-14/h7-8,16H,3-6,9-10H2,1-2H3,(H,17,19). The number of piperidine rings is 1. The van der Waals surface area contributed by atoms with Crippen molar-refractivity contribution in [1.29, 1.82) is 0 Å². The first kappa shape index (κ1) is 14.4. The smallest absolute Gasteiger partial charge is 0.267 e. The minimum atomic E-state index is -0.0412. The zero-order valence-electron chi connectivity index (χ0n) is 11.6. The van der Waals surface area contributed by atoms with Crippen LogP contribution in [0.4, 0.5) is 0 Å². The van der Waals surface area contributed by atoms with Gasteiger partial charge in [-0.3, -0.25) is 4.79 Å². The van der Waals surface area contributed by atoms with Gasteiger partial charge in [0.1, 0.15) is 5.69 Å². The molecule has 1 aromatic rings. The molecule has 1 amide bonds. The monoisotopic (exact) mass is 283 g/mol. The summed E-state index contributed by atoms with van der Waals surface area (Å²) in [6.45, 7) is 7.70. The molecule has 0 radical (unpaired) electrons. The molecule has 1 aromatic heterocycles. The van der Waals surface area contributed by atoms with Gasteiger partial charge in [0.05, 0.1) is 5.02 Å². The Bertz CT molecular complexity index is 450. The number of rotatable bonds is 4. The Balaban J connectivity index is 1.97. The highest BCUT2D eigenvalue weighted by Crippen LogP contribution is 2.24. The van der Waals surface area contributed by atoms with Gasteiger partial charge in [-0.1, -0.05) is 18.5 Å². The normalized spacial score (nSPS) is 23.3. The van der Waals surface area contributed by atoms with Crippen LogP contribution in [0.2, 0.25) is 5.02 Å². The Morgan fingerprint density at radius 2 is 2.42 bits per heavy atom. The highest BCUT2D eigenvalue weighted by atomic mass is 35.5. The molecule has 0 spiro atoms. The van der Waals surface area contributed by atoms with Gasteiger partial charge < -0.3 is 15.2 Å². The second-order valence-corrected chi connectivity index (χ2v) is 6.04. The summed E-state index contributed by atoms with van der Waals surface area (Å²) in [5.74, 6) is -0.0412.